The molecule has 4 nitrogen and oxygen atoms in total. The van der Waals surface area contributed by atoms with E-state index in [1.165, 1.54) is 26.6 Å². The minimum Gasteiger partial charge on any atom is -0.272 e. The average molecular weight is 457 g/mol. The van der Waals surface area contributed by atoms with Gasteiger partial charge in [0.1, 0.15) is 6.33 Å². The van der Waals surface area contributed by atoms with E-state index in [0.29, 0.717) is 0 Å². The lowest BCUT2D eigenvalue weighted by molar-refractivity contribution is 0.592. The predicted molar refractivity (Wildman–Crippen MR) is 139 cm³/mol. The van der Waals surface area contributed by atoms with Crippen molar-refractivity contribution in [3.8, 4) is 22.4 Å². The van der Waals surface area contributed by atoms with Crippen LogP contribution in [0.25, 0.3) is 37.6 Å². The Hall–Kier alpha value is -2.83. The molecule has 0 atom stereocenters. The number of benzene rings is 2. The Kier molecular flexibility index (Phi) is 4.83. The fourth-order valence-corrected chi connectivity index (χ4v) is 6.90. The van der Waals surface area contributed by atoms with Gasteiger partial charge in [-0.05, 0) is 39.4 Å². The molecule has 0 saturated carbocycles. The number of aromatic nitrogens is 4. The van der Waals surface area contributed by atoms with E-state index in [0.717, 1.165) is 21.7 Å². The molecule has 0 N–H and O–H groups in total. The third kappa shape index (κ3) is 3.47. The monoisotopic (exact) mass is 456 g/mol. The topological polar surface area (TPSA) is 43.1 Å². The largest absolute Gasteiger partial charge is 0.272 e. The van der Waals surface area contributed by atoms with Gasteiger partial charge < -0.3 is 0 Å². The summed E-state index contributed by atoms with van der Waals surface area (Å²) in [5.41, 5.74) is 7.35. The van der Waals surface area contributed by atoms with E-state index in [1.807, 2.05) is 0 Å². The van der Waals surface area contributed by atoms with Gasteiger partial charge in [-0.3, -0.25) is 9.38 Å². The lowest BCUT2D eigenvalue weighted by atomic mass is 9.82. The highest BCUT2D eigenvalue weighted by Crippen LogP contribution is 2.37. The molecule has 0 fully saturated rings. The van der Waals surface area contributed by atoms with Crippen LogP contribution in [-0.2, 0) is 5.41 Å². The molecule has 0 bridgehead atoms. The van der Waals surface area contributed by atoms with Crippen LogP contribution in [0, 0.1) is 0 Å². The molecule has 3 aromatic heterocycles. The molecule has 0 aliphatic heterocycles. The van der Waals surface area contributed by atoms with Crippen LogP contribution in [-0.4, -0.2) is 27.7 Å². The van der Waals surface area contributed by atoms with Gasteiger partial charge in [0.2, 0.25) is 4.96 Å². The van der Waals surface area contributed by atoms with Gasteiger partial charge in [-0.1, -0.05) is 88.1 Å². The molecule has 0 spiro atoms. The molecule has 162 valence electrons. The van der Waals surface area contributed by atoms with Crippen LogP contribution in [0.4, 0.5) is 0 Å². The minimum atomic E-state index is -1.62. The van der Waals surface area contributed by atoms with Gasteiger partial charge >= 0.3 is 0 Å². The van der Waals surface area contributed by atoms with E-state index in [2.05, 4.69) is 110 Å². The van der Waals surface area contributed by atoms with Crippen LogP contribution < -0.4 is 5.19 Å². The van der Waals surface area contributed by atoms with Crippen molar-refractivity contribution < 1.29 is 0 Å². The van der Waals surface area contributed by atoms with E-state index in [4.69, 9.17) is 4.98 Å². The van der Waals surface area contributed by atoms with Gasteiger partial charge in [-0.25, -0.2) is 0 Å². The fraction of sp³-hybridized carbons (Fsp3) is 0.269. The summed E-state index contributed by atoms with van der Waals surface area (Å²) in [4.78, 5) is 5.90. The Bertz CT molecular complexity index is 1450. The molecule has 0 aliphatic rings. The molecule has 0 saturated heterocycles. The highest BCUT2D eigenvalue weighted by Gasteiger charge is 2.26. The molecule has 0 radical (unpaired) electrons. The van der Waals surface area contributed by atoms with Crippen LogP contribution in [0.1, 0.15) is 26.3 Å². The van der Waals surface area contributed by atoms with E-state index < -0.39 is 8.07 Å². The summed E-state index contributed by atoms with van der Waals surface area (Å²) in [5, 5.41) is 9.71. The third-order valence-electron chi connectivity index (χ3n) is 5.98. The van der Waals surface area contributed by atoms with Crippen LogP contribution in [0.2, 0.25) is 19.6 Å². The Morgan fingerprint density at radius 3 is 2.41 bits per heavy atom. The van der Waals surface area contributed by atoms with E-state index >= 15 is 0 Å². The maximum absolute atomic E-state index is 4.99. The number of nitrogens with zero attached hydrogens (tertiary/aromatic N) is 4. The van der Waals surface area contributed by atoms with Crippen molar-refractivity contribution >= 4 is 39.8 Å². The van der Waals surface area contributed by atoms with Gasteiger partial charge in [-0.15, -0.1) is 10.2 Å². The molecule has 0 amide bonds. The second kappa shape index (κ2) is 7.35. The summed E-state index contributed by atoms with van der Waals surface area (Å²) in [5.74, 6) is 0. The SMILES string of the molecule is CC(C)(C)c1ccccc1-c1cc(-c2cccc3c2sc2nncn23)ncc1[Si](C)(C)C. The van der Waals surface area contributed by atoms with Gasteiger partial charge in [0.15, 0.2) is 0 Å². The molecule has 2 aromatic carbocycles. The average Bonchev–Trinajstić information content (AvgIpc) is 3.33. The second-order valence-corrected chi connectivity index (χ2v) is 16.4. The Labute approximate surface area is 194 Å². The lowest BCUT2D eigenvalue weighted by Crippen LogP contribution is -2.39. The molecule has 5 rings (SSSR count). The molecule has 6 heteroatoms. The van der Waals surface area contributed by atoms with Crippen molar-refractivity contribution in [2.24, 2.45) is 0 Å². The van der Waals surface area contributed by atoms with Crippen molar-refractivity contribution in [2.45, 2.75) is 45.8 Å². The smallest absolute Gasteiger partial charge is 0.217 e. The molecular formula is C26H28N4SSi. The summed E-state index contributed by atoms with van der Waals surface area (Å²) >= 11 is 1.67. The predicted octanol–water partition coefficient (Wildman–Crippen LogP) is 6.52. The maximum atomic E-state index is 4.99. The molecule has 5 aromatic rings. The standard InChI is InChI=1S/C26H28N4SSi/c1-26(2,3)20-12-8-7-10-17(20)19-14-21(27-15-23(19)32(4,5)6)18-11-9-13-22-24(18)31-25-29-28-16-30(22)25/h7-16H,1-6H3. The quantitative estimate of drug-likeness (QED) is 0.290. The van der Waals surface area contributed by atoms with Crippen molar-refractivity contribution in [3.05, 3.63) is 66.6 Å². The zero-order valence-corrected chi connectivity index (χ0v) is 21.3. The first-order valence-corrected chi connectivity index (χ1v) is 15.3. The van der Waals surface area contributed by atoms with Crippen molar-refractivity contribution in [1.29, 1.82) is 0 Å². The molecule has 0 aliphatic carbocycles. The number of hydrogen-bond acceptors (Lipinski definition) is 4. The number of hydrogen-bond donors (Lipinski definition) is 0. The van der Waals surface area contributed by atoms with Gasteiger partial charge in [-0.2, -0.15) is 0 Å². The Balaban J connectivity index is 1.79. The zero-order valence-electron chi connectivity index (χ0n) is 19.5. The van der Waals surface area contributed by atoms with Gasteiger partial charge in [0.05, 0.1) is 24.0 Å². The van der Waals surface area contributed by atoms with E-state index in [1.54, 1.807) is 17.7 Å². The maximum Gasteiger partial charge on any atom is 0.217 e. The first kappa shape index (κ1) is 21.0. The van der Waals surface area contributed by atoms with Crippen LogP contribution >= 0.6 is 11.3 Å². The van der Waals surface area contributed by atoms with Crippen molar-refractivity contribution in [1.82, 2.24) is 19.6 Å². The Morgan fingerprint density at radius 1 is 0.906 bits per heavy atom. The fourth-order valence-electron chi connectivity index (χ4n) is 4.37. The minimum absolute atomic E-state index is 0.0583. The molecular weight excluding hydrogens is 428 g/mol. The zero-order chi connectivity index (χ0) is 22.7. The number of rotatable bonds is 3. The normalized spacial score (nSPS) is 12.7. The summed E-state index contributed by atoms with van der Waals surface area (Å²) < 4.78 is 3.25. The lowest BCUT2D eigenvalue weighted by Gasteiger charge is -2.27. The first-order chi connectivity index (χ1) is 15.1. The second-order valence-electron chi connectivity index (χ2n) is 10.4. The van der Waals surface area contributed by atoms with E-state index in [-0.39, 0.29) is 5.41 Å². The molecule has 3 heterocycles. The summed E-state index contributed by atoms with van der Waals surface area (Å²) in [6.45, 7) is 14.1. The van der Waals surface area contributed by atoms with Crippen molar-refractivity contribution in [3.63, 3.8) is 0 Å². The Morgan fingerprint density at radius 2 is 1.66 bits per heavy atom. The summed E-state index contributed by atoms with van der Waals surface area (Å²) in [7, 11) is -1.62. The van der Waals surface area contributed by atoms with Crippen LogP contribution in [0.3, 0.4) is 0 Å². The number of thiazole rings is 1. The van der Waals surface area contributed by atoms with Crippen LogP contribution in [0.15, 0.2) is 61.1 Å². The van der Waals surface area contributed by atoms with Gasteiger partial charge in [0, 0.05) is 11.8 Å². The van der Waals surface area contributed by atoms with Gasteiger partial charge in [0.25, 0.3) is 0 Å². The third-order valence-corrected chi connectivity index (χ3v) is 9.09. The number of pyridine rings is 1. The summed E-state index contributed by atoms with van der Waals surface area (Å²) in [6, 6.07) is 17.5. The van der Waals surface area contributed by atoms with E-state index in [9.17, 15) is 0 Å². The van der Waals surface area contributed by atoms with Crippen molar-refractivity contribution in [2.75, 3.05) is 0 Å². The molecule has 32 heavy (non-hydrogen) atoms. The first-order valence-electron chi connectivity index (χ1n) is 11.0. The highest BCUT2D eigenvalue weighted by molar-refractivity contribution is 7.24. The molecule has 0 unspecified atom stereocenters. The summed E-state index contributed by atoms with van der Waals surface area (Å²) in [6.07, 6.45) is 3.92. The number of fused-ring (bicyclic) bond motifs is 3. The van der Waals surface area contributed by atoms with Crippen LogP contribution in [0.5, 0.6) is 0 Å². The highest BCUT2D eigenvalue weighted by atomic mass is 32.1.